The van der Waals surface area contributed by atoms with Crippen molar-refractivity contribution >= 4 is 0 Å². The maximum Gasteiger partial charge on any atom is 0.0707 e. The van der Waals surface area contributed by atoms with Crippen LogP contribution in [0.3, 0.4) is 0 Å². The van der Waals surface area contributed by atoms with E-state index >= 15 is 0 Å². The Kier molecular flexibility index (Phi) is 3.99. The van der Waals surface area contributed by atoms with Gasteiger partial charge in [0.05, 0.1) is 12.2 Å². The van der Waals surface area contributed by atoms with Crippen LogP contribution in [0.15, 0.2) is 0 Å². The van der Waals surface area contributed by atoms with E-state index in [9.17, 15) is 0 Å². The molecule has 3 aliphatic rings. The van der Waals surface area contributed by atoms with Crippen molar-refractivity contribution in [1.82, 2.24) is 10.2 Å². The van der Waals surface area contributed by atoms with Gasteiger partial charge in [0.2, 0.25) is 0 Å². The van der Waals surface area contributed by atoms with Crippen LogP contribution in [0.4, 0.5) is 0 Å². The lowest BCUT2D eigenvalue weighted by Gasteiger charge is -2.32. The number of hydrogen-bond donors (Lipinski definition) is 1. The van der Waals surface area contributed by atoms with Gasteiger partial charge in [0.25, 0.3) is 0 Å². The molecule has 17 heavy (non-hydrogen) atoms. The summed E-state index contributed by atoms with van der Waals surface area (Å²) in [5, 5.41) is 3.74. The third-order valence-electron chi connectivity index (χ3n) is 4.59. The number of ether oxygens (including phenoxy) is 1. The van der Waals surface area contributed by atoms with E-state index in [1.165, 1.54) is 71.1 Å². The van der Waals surface area contributed by atoms with Gasteiger partial charge in [0, 0.05) is 32.2 Å². The second-order valence-electron chi connectivity index (χ2n) is 6.01. The summed E-state index contributed by atoms with van der Waals surface area (Å²) < 4.78 is 5.86. The molecule has 3 nitrogen and oxygen atoms in total. The van der Waals surface area contributed by atoms with E-state index in [2.05, 4.69) is 10.2 Å². The minimum absolute atomic E-state index is 0.545. The fourth-order valence-electron chi connectivity index (χ4n) is 3.62. The molecule has 2 aliphatic heterocycles. The summed E-state index contributed by atoms with van der Waals surface area (Å²) in [7, 11) is 0. The fraction of sp³-hybridized carbons (Fsp3) is 1.00. The highest BCUT2D eigenvalue weighted by molar-refractivity contribution is 4.85. The molecule has 98 valence electrons. The van der Waals surface area contributed by atoms with E-state index in [1.54, 1.807) is 0 Å². The molecule has 1 saturated carbocycles. The van der Waals surface area contributed by atoms with Crippen molar-refractivity contribution in [2.75, 3.05) is 26.2 Å². The molecule has 3 heteroatoms. The van der Waals surface area contributed by atoms with Gasteiger partial charge in [0.15, 0.2) is 0 Å². The van der Waals surface area contributed by atoms with Crippen LogP contribution in [0.5, 0.6) is 0 Å². The van der Waals surface area contributed by atoms with Crippen LogP contribution in [-0.4, -0.2) is 49.3 Å². The van der Waals surface area contributed by atoms with Gasteiger partial charge in [-0.3, -0.25) is 4.90 Å². The Balaban J connectivity index is 1.34. The molecule has 0 spiro atoms. The van der Waals surface area contributed by atoms with Crippen LogP contribution in [-0.2, 0) is 4.74 Å². The molecule has 0 aromatic rings. The summed E-state index contributed by atoms with van der Waals surface area (Å²) in [6, 6.07) is 0.807. The van der Waals surface area contributed by atoms with E-state index in [1.807, 2.05) is 0 Å². The largest absolute Gasteiger partial charge is 0.372 e. The van der Waals surface area contributed by atoms with Crippen molar-refractivity contribution in [2.24, 2.45) is 0 Å². The summed E-state index contributed by atoms with van der Waals surface area (Å²) in [5.41, 5.74) is 0. The van der Waals surface area contributed by atoms with Gasteiger partial charge in [-0.15, -0.1) is 0 Å². The van der Waals surface area contributed by atoms with Crippen LogP contribution in [0.1, 0.15) is 44.9 Å². The lowest BCUT2D eigenvalue weighted by Crippen LogP contribution is -2.46. The number of nitrogens with zero attached hydrogens (tertiary/aromatic N) is 1. The highest BCUT2D eigenvalue weighted by atomic mass is 16.5. The minimum atomic E-state index is 0.545. The second kappa shape index (κ2) is 5.68. The zero-order chi connectivity index (χ0) is 11.5. The summed E-state index contributed by atoms with van der Waals surface area (Å²) in [6.45, 7) is 4.72. The smallest absolute Gasteiger partial charge is 0.0707 e. The summed E-state index contributed by atoms with van der Waals surface area (Å²) in [5.74, 6) is 0. The van der Waals surface area contributed by atoms with Crippen molar-refractivity contribution in [3.8, 4) is 0 Å². The summed E-state index contributed by atoms with van der Waals surface area (Å²) in [4.78, 5) is 2.60. The van der Waals surface area contributed by atoms with E-state index in [4.69, 9.17) is 4.74 Å². The molecule has 3 rings (SSSR count). The Morgan fingerprint density at radius 2 is 1.65 bits per heavy atom. The molecule has 2 atom stereocenters. The molecule has 2 saturated heterocycles. The SMILES string of the molecule is C1CCC(NCCN2CC3CCC(C2)O3)CC1. The minimum Gasteiger partial charge on any atom is -0.372 e. The molecular weight excluding hydrogens is 212 g/mol. The Morgan fingerprint density at radius 3 is 2.35 bits per heavy atom. The lowest BCUT2D eigenvalue weighted by atomic mass is 9.95. The third-order valence-corrected chi connectivity index (χ3v) is 4.59. The fourth-order valence-corrected chi connectivity index (χ4v) is 3.62. The quantitative estimate of drug-likeness (QED) is 0.808. The lowest BCUT2D eigenvalue weighted by molar-refractivity contribution is -0.0378. The van der Waals surface area contributed by atoms with Gasteiger partial charge in [-0.05, 0) is 25.7 Å². The standard InChI is InChI=1S/C14H26N2O/c1-2-4-12(5-3-1)15-8-9-16-10-13-6-7-14(11-16)17-13/h12-15H,1-11H2. The third kappa shape index (κ3) is 3.21. The molecular formula is C14H26N2O. The van der Waals surface area contributed by atoms with Gasteiger partial charge in [-0.25, -0.2) is 0 Å². The van der Waals surface area contributed by atoms with Crippen molar-refractivity contribution in [3.63, 3.8) is 0 Å². The van der Waals surface area contributed by atoms with Crippen LogP contribution >= 0.6 is 0 Å². The zero-order valence-electron chi connectivity index (χ0n) is 10.9. The van der Waals surface area contributed by atoms with Crippen molar-refractivity contribution in [3.05, 3.63) is 0 Å². The van der Waals surface area contributed by atoms with E-state index in [-0.39, 0.29) is 0 Å². The molecule has 0 aromatic heterocycles. The highest BCUT2D eigenvalue weighted by Crippen LogP contribution is 2.25. The Bertz CT molecular complexity index is 228. The number of fused-ring (bicyclic) bond motifs is 2. The first kappa shape index (κ1) is 11.9. The Labute approximate surface area is 105 Å². The van der Waals surface area contributed by atoms with Crippen molar-refractivity contribution in [1.29, 1.82) is 0 Å². The molecule has 1 aliphatic carbocycles. The average Bonchev–Trinajstić information content (AvgIpc) is 2.70. The van der Waals surface area contributed by atoms with Crippen molar-refractivity contribution in [2.45, 2.75) is 63.2 Å². The molecule has 0 radical (unpaired) electrons. The monoisotopic (exact) mass is 238 g/mol. The molecule has 0 aromatic carbocycles. The zero-order valence-corrected chi connectivity index (χ0v) is 10.9. The summed E-state index contributed by atoms with van der Waals surface area (Å²) in [6.07, 6.45) is 10.8. The van der Waals surface area contributed by atoms with Gasteiger partial charge in [-0.2, -0.15) is 0 Å². The maximum atomic E-state index is 5.86. The predicted molar refractivity (Wildman–Crippen MR) is 69.2 cm³/mol. The first-order chi connectivity index (χ1) is 8.40. The second-order valence-corrected chi connectivity index (χ2v) is 6.01. The Morgan fingerprint density at radius 1 is 0.941 bits per heavy atom. The van der Waals surface area contributed by atoms with E-state index in [0.717, 1.165) is 6.04 Å². The molecule has 2 unspecified atom stereocenters. The van der Waals surface area contributed by atoms with Crippen LogP contribution in [0.25, 0.3) is 0 Å². The highest BCUT2D eigenvalue weighted by Gasteiger charge is 2.33. The van der Waals surface area contributed by atoms with Gasteiger partial charge in [-0.1, -0.05) is 19.3 Å². The van der Waals surface area contributed by atoms with Gasteiger partial charge >= 0.3 is 0 Å². The molecule has 3 fully saturated rings. The van der Waals surface area contributed by atoms with Crippen LogP contribution in [0.2, 0.25) is 0 Å². The number of nitrogens with one attached hydrogen (secondary N) is 1. The van der Waals surface area contributed by atoms with E-state index < -0.39 is 0 Å². The topological polar surface area (TPSA) is 24.5 Å². The van der Waals surface area contributed by atoms with Crippen LogP contribution < -0.4 is 5.32 Å². The van der Waals surface area contributed by atoms with Crippen LogP contribution in [0, 0.1) is 0 Å². The number of likely N-dealkylation sites (tertiary alicyclic amines) is 1. The number of hydrogen-bond acceptors (Lipinski definition) is 3. The van der Waals surface area contributed by atoms with Gasteiger partial charge < -0.3 is 10.1 Å². The number of morpholine rings is 1. The maximum absolute atomic E-state index is 5.86. The molecule has 0 amide bonds. The number of rotatable bonds is 4. The van der Waals surface area contributed by atoms with E-state index in [0.29, 0.717) is 12.2 Å². The first-order valence-electron chi connectivity index (χ1n) is 7.51. The average molecular weight is 238 g/mol. The molecule has 2 bridgehead atoms. The molecule has 1 N–H and O–H groups in total. The normalized spacial score (nSPS) is 35.3. The Hall–Kier alpha value is -0.120. The summed E-state index contributed by atoms with van der Waals surface area (Å²) >= 11 is 0. The predicted octanol–water partition coefficient (Wildman–Crippen LogP) is 1.77. The molecule has 2 heterocycles. The van der Waals surface area contributed by atoms with Crippen molar-refractivity contribution < 1.29 is 4.74 Å². The van der Waals surface area contributed by atoms with Gasteiger partial charge in [0.1, 0.15) is 0 Å². The first-order valence-corrected chi connectivity index (χ1v) is 7.51.